The van der Waals surface area contributed by atoms with Gasteiger partial charge in [0.05, 0.1) is 4.92 Å². The van der Waals surface area contributed by atoms with Crippen LogP contribution in [0.3, 0.4) is 0 Å². The summed E-state index contributed by atoms with van der Waals surface area (Å²) < 4.78 is 0. The zero-order valence-electron chi connectivity index (χ0n) is 11.2. The molecule has 0 atom stereocenters. The van der Waals surface area contributed by atoms with E-state index in [0.29, 0.717) is 10.6 Å². The second-order valence-corrected chi connectivity index (χ2v) is 4.94. The molecule has 2 aromatic rings. The van der Waals surface area contributed by atoms with Gasteiger partial charge in [-0.05, 0) is 30.7 Å². The summed E-state index contributed by atoms with van der Waals surface area (Å²) in [6.07, 6.45) is 3.03. The minimum absolute atomic E-state index is 0.0549. The largest absolute Gasteiger partial charge is 0.289 e. The van der Waals surface area contributed by atoms with Crippen molar-refractivity contribution in [2.75, 3.05) is 0 Å². The minimum atomic E-state index is -0.491. The normalized spacial score (nSPS) is 10.8. The fourth-order valence-electron chi connectivity index (χ4n) is 1.80. The van der Waals surface area contributed by atoms with Crippen LogP contribution in [0, 0.1) is 17.0 Å². The number of aryl methyl sites for hydroxylation is 1. The number of hydrogen-bond donors (Lipinski definition) is 0. The molecule has 0 unspecified atom stereocenters. The fourth-order valence-corrected chi connectivity index (χ4v) is 1.93. The number of nitro groups is 1. The third-order valence-electron chi connectivity index (χ3n) is 2.99. The third kappa shape index (κ3) is 3.77. The van der Waals surface area contributed by atoms with Gasteiger partial charge >= 0.3 is 0 Å². The quantitative estimate of drug-likeness (QED) is 0.363. The van der Waals surface area contributed by atoms with Crippen LogP contribution in [0.4, 0.5) is 5.69 Å². The number of carbonyl (C=O) groups is 1. The lowest BCUT2D eigenvalue weighted by Crippen LogP contribution is -1.98. The second kappa shape index (κ2) is 6.33. The Bertz CT molecular complexity index is 721. The molecule has 4 nitrogen and oxygen atoms in total. The number of carbonyl (C=O) groups excluding carboxylic acids is 1. The molecular formula is C16H12ClNO3. The van der Waals surface area contributed by atoms with E-state index in [0.717, 1.165) is 5.56 Å². The van der Waals surface area contributed by atoms with Gasteiger partial charge in [-0.25, -0.2) is 0 Å². The van der Waals surface area contributed by atoms with Gasteiger partial charge in [-0.1, -0.05) is 41.9 Å². The highest BCUT2D eigenvalue weighted by molar-refractivity contribution is 6.30. The number of nitrogens with zero attached hydrogens (tertiary/aromatic N) is 1. The smallest absolute Gasteiger partial charge is 0.273 e. The molecule has 2 rings (SSSR count). The lowest BCUT2D eigenvalue weighted by molar-refractivity contribution is -0.385. The van der Waals surface area contributed by atoms with E-state index in [4.69, 9.17) is 11.6 Å². The molecule has 0 aromatic heterocycles. The average Bonchev–Trinajstić information content (AvgIpc) is 2.46. The van der Waals surface area contributed by atoms with E-state index in [2.05, 4.69) is 0 Å². The Balaban J connectivity index is 2.22. The van der Waals surface area contributed by atoms with Crippen molar-refractivity contribution in [3.63, 3.8) is 0 Å². The number of rotatable bonds is 4. The van der Waals surface area contributed by atoms with E-state index in [9.17, 15) is 14.9 Å². The van der Waals surface area contributed by atoms with E-state index in [-0.39, 0.29) is 17.0 Å². The summed E-state index contributed by atoms with van der Waals surface area (Å²) in [5.74, 6) is -0.284. The molecule has 0 amide bonds. The first-order chi connectivity index (χ1) is 9.97. The summed E-state index contributed by atoms with van der Waals surface area (Å²) in [5.41, 5.74) is 1.59. The molecule has 106 valence electrons. The van der Waals surface area contributed by atoms with Gasteiger partial charge < -0.3 is 0 Å². The number of hydrogen-bond acceptors (Lipinski definition) is 3. The first-order valence-corrected chi connectivity index (χ1v) is 6.58. The number of halogens is 1. The van der Waals surface area contributed by atoms with Crippen molar-refractivity contribution in [3.8, 4) is 0 Å². The maximum atomic E-state index is 12.0. The molecule has 0 N–H and O–H groups in total. The van der Waals surface area contributed by atoms with Gasteiger partial charge in [-0.15, -0.1) is 0 Å². The van der Waals surface area contributed by atoms with Gasteiger partial charge in [0.1, 0.15) is 0 Å². The zero-order chi connectivity index (χ0) is 15.4. The highest BCUT2D eigenvalue weighted by atomic mass is 35.5. The summed E-state index contributed by atoms with van der Waals surface area (Å²) in [5, 5.41) is 11.5. The molecular weight excluding hydrogens is 290 g/mol. The van der Waals surface area contributed by atoms with Crippen molar-refractivity contribution < 1.29 is 9.72 Å². The van der Waals surface area contributed by atoms with E-state index >= 15 is 0 Å². The molecule has 0 saturated heterocycles. The molecule has 0 fully saturated rings. The molecule has 0 heterocycles. The van der Waals surface area contributed by atoms with Crippen molar-refractivity contribution in [2.24, 2.45) is 0 Å². The molecule has 5 heteroatoms. The molecule has 0 spiro atoms. The van der Waals surface area contributed by atoms with Crippen LogP contribution in [-0.4, -0.2) is 10.7 Å². The van der Waals surface area contributed by atoms with Gasteiger partial charge in [-0.2, -0.15) is 0 Å². The molecule has 0 aliphatic heterocycles. The number of allylic oxidation sites excluding steroid dienone is 1. The van der Waals surface area contributed by atoms with Crippen LogP contribution in [0.5, 0.6) is 0 Å². The van der Waals surface area contributed by atoms with Crippen molar-refractivity contribution >= 4 is 29.1 Å². The van der Waals surface area contributed by atoms with E-state index < -0.39 is 4.92 Å². The van der Waals surface area contributed by atoms with Crippen LogP contribution >= 0.6 is 11.6 Å². The molecule has 0 radical (unpaired) electrons. The second-order valence-electron chi connectivity index (χ2n) is 4.51. The Morgan fingerprint density at radius 3 is 2.48 bits per heavy atom. The SMILES string of the molecule is Cc1ccc(C(=O)/C=C/c2ccc(Cl)cc2)cc1[N+](=O)[O-]. The highest BCUT2D eigenvalue weighted by Crippen LogP contribution is 2.20. The van der Waals surface area contributed by atoms with E-state index in [1.807, 2.05) is 0 Å². The van der Waals surface area contributed by atoms with Crippen LogP contribution in [0.15, 0.2) is 48.5 Å². The van der Waals surface area contributed by atoms with Crippen LogP contribution in [0.25, 0.3) is 6.08 Å². The summed E-state index contributed by atoms with van der Waals surface area (Å²) in [4.78, 5) is 22.4. The highest BCUT2D eigenvalue weighted by Gasteiger charge is 2.13. The van der Waals surface area contributed by atoms with Crippen molar-refractivity contribution in [1.82, 2.24) is 0 Å². The van der Waals surface area contributed by atoms with Gasteiger partial charge in [0.2, 0.25) is 0 Å². The summed E-state index contributed by atoms with van der Waals surface area (Å²) >= 11 is 5.78. The molecule has 0 aliphatic rings. The Hall–Kier alpha value is -2.46. The van der Waals surface area contributed by atoms with Gasteiger partial charge in [0.25, 0.3) is 5.69 Å². The maximum absolute atomic E-state index is 12.0. The molecule has 0 aliphatic carbocycles. The van der Waals surface area contributed by atoms with Crippen LogP contribution in [0.1, 0.15) is 21.5 Å². The molecule has 0 bridgehead atoms. The monoisotopic (exact) mass is 301 g/mol. The van der Waals surface area contributed by atoms with Crippen molar-refractivity contribution in [3.05, 3.63) is 80.4 Å². The molecule has 0 saturated carbocycles. The Kier molecular flexibility index (Phi) is 4.50. The van der Waals surface area contributed by atoms with Gasteiger partial charge in [-0.3, -0.25) is 14.9 Å². The number of benzene rings is 2. The first kappa shape index (κ1) is 14.9. The van der Waals surface area contributed by atoms with Gasteiger partial charge in [0, 0.05) is 22.2 Å². The van der Waals surface area contributed by atoms with E-state index in [1.165, 1.54) is 12.1 Å². The average molecular weight is 302 g/mol. The third-order valence-corrected chi connectivity index (χ3v) is 3.24. The Morgan fingerprint density at radius 1 is 1.19 bits per heavy atom. The van der Waals surface area contributed by atoms with Crippen LogP contribution < -0.4 is 0 Å². The van der Waals surface area contributed by atoms with Crippen molar-refractivity contribution in [2.45, 2.75) is 6.92 Å². The Labute approximate surface area is 126 Å². The van der Waals surface area contributed by atoms with Crippen LogP contribution in [-0.2, 0) is 0 Å². The predicted molar refractivity (Wildman–Crippen MR) is 82.6 cm³/mol. The fraction of sp³-hybridized carbons (Fsp3) is 0.0625. The zero-order valence-corrected chi connectivity index (χ0v) is 12.0. The van der Waals surface area contributed by atoms with Crippen molar-refractivity contribution in [1.29, 1.82) is 0 Å². The standard InChI is InChI=1S/C16H12ClNO3/c1-11-2-6-13(10-15(11)18(20)21)16(19)9-5-12-3-7-14(17)8-4-12/h2-10H,1H3/b9-5+. The summed E-state index contributed by atoms with van der Waals surface area (Å²) in [6, 6.07) is 11.5. The summed E-state index contributed by atoms with van der Waals surface area (Å²) in [7, 11) is 0. The lowest BCUT2D eigenvalue weighted by Gasteiger charge is -2.00. The minimum Gasteiger partial charge on any atom is -0.289 e. The first-order valence-electron chi connectivity index (χ1n) is 6.20. The summed E-state index contributed by atoms with van der Waals surface area (Å²) in [6.45, 7) is 1.63. The number of nitro benzene ring substituents is 1. The lowest BCUT2D eigenvalue weighted by atomic mass is 10.1. The molecule has 2 aromatic carbocycles. The van der Waals surface area contributed by atoms with Crippen LogP contribution in [0.2, 0.25) is 5.02 Å². The Morgan fingerprint density at radius 2 is 1.86 bits per heavy atom. The predicted octanol–water partition coefficient (Wildman–Crippen LogP) is 4.45. The topological polar surface area (TPSA) is 60.2 Å². The van der Waals surface area contributed by atoms with Gasteiger partial charge in [0.15, 0.2) is 5.78 Å². The van der Waals surface area contributed by atoms with E-state index in [1.54, 1.807) is 49.4 Å². The maximum Gasteiger partial charge on any atom is 0.273 e. The molecule has 21 heavy (non-hydrogen) atoms. The number of ketones is 1.